The number of carbonyl (C=O) groups is 2. The van der Waals surface area contributed by atoms with Gasteiger partial charge in [-0.15, -0.1) is 0 Å². The molecular weight excluding hydrogens is 252 g/mol. The van der Waals surface area contributed by atoms with Gasteiger partial charge in [0, 0.05) is 0 Å². The van der Waals surface area contributed by atoms with Gasteiger partial charge in [-0.1, -0.05) is 18.2 Å². The number of hydrogen-bond acceptors (Lipinski definition) is 6. The van der Waals surface area contributed by atoms with Gasteiger partial charge in [-0.3, -0.25) is 4.79 Å². The van der Waals surface area contributed by atoms with Gasteiger partial charge in [0.1, 0.15) is 6.61 Å². The first-order valence-electron chi connectivity index (χ1n) is 5.90. The maximum atomic E-state index is 11.5. The molecule has 1 aromatic carbocycles. The average Bonchev–Trinajstić information content (AvgIpc) is 2.92. The molecule has 0 atom stereocenters. The van der Waals surface area contributed by atoms with E-state index in [1.165, 1.54) is 0 Å². The van der Waals surface area contributed by atoms with Crippen LogP contribution >= 0.6 is 0 Å². The third-order valence-electron chi connectivity index (χ3n) is 2.37. The summed E-state index contributed by atoms with van der Waals surface area (Å²) in [6.07, 6.45) is -0.0399. The molecule has 102 valence electrons. The standard InChI is InChI=1S/C13H14O6/c14-11(19-13-17-8-9-18-13)6-7-16-12(15)10-4-2-1-3-5-10/h1-5,13H,6-9H2. The minimum atomic E-state index is -0.933. The Bertz CT molecular complexity index is 424. The number of ether oxygens (including phenoxy) is 4. The van der Waals surface area contributed by atoms with Gasteiger partial charge in [-0.2, -0.15) is 0 Å². The van der Waals surface area contributed by atoms with E-state index in [9.17, 15) is 9.59 Å². The maximum Gasteiger partial charge on any atom is 0.338 e. The molecule has 0 unspecified atom stereocenters. The molecule has 1 aliphatic rings. The molecule has 0 radical (unpaired) electrons. The summed E-state index contributed by atoms with van der Waals surface area (Å²) in [7, 11) is 0. The van der Waals surface area contributed by atoms with Crippen molar-refractivity contribution in [3.05, 3.63) is 35.9 Å². The van der Waals surface area contributed by atoms with Crippen molar-refractivity contribution < 1.29 is 28.5 Å². The Kier molecular flexibility index (Phi) is 4.88. The molecule has 6 nitrogen and oxygen atoms in total. The van der Waals surface area contributed by atoms with Crippen LogP contribution in [0.2, 0.25) is 0 Å². The number of esters is 2. The third kappa shape index (κ3) is 4.35. The molecule has 6 heteroatoms. The van der Waals surface area contributed by atoms with Crippen LogP contribution in [-0.2, 0) is 23.7 Å². The lowest BCUT2D eigenvalue weighted by molar-refractivity contribution is -0.227. The van der Waals surface area contributed by atoms with Crippen molar-refractivity contribution in [3.8, 4) is 0 Å². The Morgan fingerprint density at radius 3 is 2.53 bits per heavy atom. The zero-order chi connectivity index (χ0) is 13.5. The maximum absolute atomic E-state index is 11.5. The van der Waals surface area contributed by atoms with E-state index in [0.29, 0.717) is 18.8 Å². The molecule has 1 aliphatic heterocycles. The minimum Gasteiger partial charge on any atom is -0.461 e. The highest BCUT2D eigenvalue weighted by Crippen LogP contribution is 2.07. The third-order valence-corrected chi connectivity index (χ3v) is 2.37. The molecule has 1 aromatic rings. The van der Waals surface area contributed by atoms with E-state index in [0.717, 1.165) is 0 Å². The van der Waals surface area contributed by atoms with Crippen LogP contribution in [0, 0.1) is 0 Å². The van der Waals surface area contributed by atoms with Gasteiger partial charge in [-0.05, 0) is 12.1 Å². The zero-order valence-electron chi connectivity index (χ0n) is 10.2. The highest BCUT2D eigenvalue weighted by molar-refractivity contribution is 5.89. The van der Waals surface area contributed by atoms with Gasteiger partial charge >= 0.3 is 18.4 Å². The summed E-state index contributed by atoms with van der Waals surface area (Å²) in [6, 6.07) is 8.55. The molecule has 0 N–H and O–H groups in total. The highest BCUT2D eigenvalue weighted by Gasteiger charge is 2.20. The topological polar surface area (TPSA) is 71.1 Å². The Morgan fingerprint density at radius 1 is 1.16 bits per heavy atom. The number of carbonyl (C=O) groups excluding carboxylic acids is 2. The summed E-state index contributed by atoms with van der Waals surface area (Å²) in [4.78, 5) is 22.9. The van der Waals surface area contributed by atoms with Crippen LogP contribution in [0.3, 0.4) is 0 Å². The molecule has 0 spiro atoms. The summed E-state index contributed by atoms with van der Waals surface area (Å²) < 4.78 is 19.7. The average molecular weight is 266 g/mol. The molecule has 19 heavy (non-hydrogen) atoms. The van der Waals surface area contributed by atoms with Crippen molar-refractivity contribution in [2.45, 2.75) is 12.9 Å². The van der Waals surface area contributed by atoms with Gasteiger partial charge in [0.2, 0.25) is 0 Å². The molecule has 0 saturated carbocycles. The first-order valence-corrected chi connectivity index (χ1v) is 5.90. The summed E-state index contributed by atoms with van der Waals surface area (Å²) >= 11 is 0. The molecule has 1 heterocycles. The lowest BCUT2D eigenvalue weighted by Crippen LogP contribution is -2.20. The van der Waals surface area contributed by atoms with Crippen molar-refractivity contribution in [2.24, 2.45) is 0 Å². The van der Waals surface area contributed by atoms with Crippen molar-refractivity contribution in [2.75, 3.05) is 19.8 Å². The molecular formula is C13H14O6. The lowest BCUT2D eigenvalue weighted by Gasteiger charge is -2.10. The molecule has 0 aliphatic carbocycles. The smallest absolute Gasteiger partial charge is 0.338 e. The van der Waals surface area contributed by atoms with Crippen LogP contribution in [0.4, 0.5) is 0 Å². The molecule has 1 fully saturated rings. The quantitative estimate of drug-likeness (QED) is 0.743. The number of hydrogen-bond donors (Lipinski definition) is 0. The van der Waals surface area contributed by atoms with Crippen molar-refractivity contribution in [3.63, 3.8) is 0 Å². The normalized spacial score (nSPS) is 15.2. The minimum absolute atomic E-state index is 0.0399. The molecule has 1 saturated heterocycles. The van der Waals surface area contributed by atoms with Gasteiger partial charge in [-0.25, -0.2) is 4.79 Å². The number of rotatable bonds is 5. The summed E-state index contributed by atoms with van der Waals surface area (Å²) in [5.74, 6) is -1.01. The molecule has 0 aromatic heterocycles. The van der Waals surface area contributed by atoms with Crippen LogP contribution in [-0.4, -0.2) is 38.2 Å². The fraction of sp³-hybridized carbons (Fsp3) is 0.385. The van der Waals surface area contributed by atoms with Gasteiger partial charge in [0.25, 0.3) is 0 Å². The Morgan fingerprint density at radius 2 is 1.84 bits per heavy atom. The molecule has 2 rings (SSSR count). The fourth-order valence-electron chi connectivity index (χ4n) is 1.46. The fourth-order valence-corrected chi connectivity index (χ4v) is 1.46. The number of benzene rings is 1. The first kappa shape index (κ1) is 13.5. The van der Waals surface area contributed by atoms with Crippen LogP contribution in [0.1, 0.15) is 16.8 Å². The van der Waals surface area contributed by atoms with Gasteiger partial charge < -0.3 is 18.9 Å². The van der Waals surface area contributed by atoms with Crippen LogP contribution in [0.25, 0.3) is 0 Å². The second-order valence-corrected chi connectivity index (χ2v) is 3.77. The highest BCUT2D eigenvalue weighted by atomic mass is 16.9. The predicted octanol–water partition coefficient (Wildman–Crippen LogP) is 1.11. The Hall–Kier alpha value is -1.92. The van der Waals surface area contributed by atoms with E-state index < -0.39 is 18.4 Å². The monoisotopic (exact) mass is 266 g/mol. The van der Waals surface area contributed by atoms with Crippen LogP contribution < -0.4 is 0 Å². The molecule has 0 amide bonds. The van der Waals surface area contributed by atoms with Crippen LogP contribution in [0.15, 0.2) is 30.3 Å². The SMILES string of the molecule is O=C(CCOC(=O)c1ccccc1)OC1OCCO1. The van der Waals surface area contributed by atoms with Gasteiger partial charge in [0.05, 0.1) is 25.2 Å². The van der Waals surface area contributed by atoms with E-state index in [-0.39, 0.29) is 13.0 Å². The Balaban J connectivity index is 1.65. The predicted molar refractivity (Wildman–Crippen MR) is 63.1 cm³/mol. The summed E-state index contributed by atoms with van der Waals surface area (Å²) in [6.45, 7) is -0.168. The van der Waals surface area contributed by atoms with E-state index in [1.807, 2.05) is 0 Å². The zero-order valence-corrected chi connectivity index (χ0v) is 10.2. The van der Waals surface area contributed by atoms with Crippen molar-refractivity contribution in [1.29, 1.82) is 0 Å². The van der Waals surface area contributed by atoms with E-state index >= 15 is 0 Å². The second-order valence-electron chi connectivity index (χ2n) is 3.77. The Labute approximate surface area is 110 Å². The largest absolute Gasteiger partial charge is 0.461 e. The van der Waals surface area contributed by atoms with Gasteiger partial charge in [0.15, 0.2) is 0 Å². The molecule has 0 bridgehead atoms. The van der Waals surface area contributed by atoms with Crippen molar-refractivity contribution in [1.82, 2.24) is 0 Å². The summed E-state index contributed by atoms with van der Waals surface area (Å²) in [5, 5.41) is 0. The van der Waals surface area contributed by atoms with Crippen molar-refractivity contribution >= 4 is 11.9 Å². The first-order chi connectivity index (χ1) is 9.25. The lowest BCUT2D eigenvalue weighted by atomic mass is 10.2. The van der Waals surface area contributed by atoms with E-state index in [2.05, 4.69) is 0 Å². The van der Waals surface area contributed by atoms with Crippen LogP contribution in [0.5, 0.6) is 0 Å². The second kappa shape index (κ2) is 6.86. The van der Waals surface area contributed by atoms with E-state index in [1.54, 1.807) is 30.3 Å². The van der Waals surface area contributed by atoms with E-state index in [4.69, 9.17) is 18.9 Å². The summed E-state index contributed by atoms with van der Waals surface area (Å²) in [5.41, 5.74) is 0.443.